The van der Waals surface area contributed by atoms with Gasteiger partial charge in [0.1, 0.15) is 0 Å². The van der Waals surface area contributed by atoms with Crippen LogP contribution in [0.25, 0.3) is 0 Å². The van der Waals surface area contributed by atoms with E-state index in [-0.39, 0.29) is 16.7 Å². The van der Waals surface area contributed by atoms with Crippen LogP contribution in [0.3, 0.4) is 0 Å². The van der Waals surface area contributed by atoms with E-state index in [1.54, 1.807) is 13.0 Å². The largest absolute Gasteiger partial charge is 0.390 e. The Balaban J connectivity index is 2.48. The van der Waals surface area contributed by atoms with Gasteiger partial charge in [-0.15, -0.1) is 6.58 Å². The van der Waals surface area contributed by atoms with Gasteiger partial charge in [0.2, 0.25) is 0 Å². The molecule has 2 heteroatoms. The number of fused-ring (bicyclic) bond motifs is 1. The van der Waals surface area contributed by atoms with Gasteiger partial charge in [-0.3, -0.25) is 0 Å². The van der Waals surface area contributed by atoms with Gasteiger partial charge in [0.05, 0.1) is 11.2 Å². The molecule has 2 saturated carbocycles. The SMILES string of the molecule is C=C[C@](C)(O)CC[C@H]1[C@](C)(O)CC(=C)[C@@]2(CC)C(=C)CCC[C@]12C. The van der Waals surface area contributed by atoms with Gasteiger partial charge in [0.15, 0.2) is 0 Å². The van der Waals surface area contributed by atoms with Gasteiger partial charge in [-0.05, 0) is 70.1 Å². The second-order valence-corrected chi connectivity index (χ2v) is 8.92. The van der Waals surface area contributed by atoms with Crippen molar-refractivity contribution in [2.24, 2.45) is 16.7 Å². The molecule has 2 rings (SSSR count). The molecule has 0 bridgehead atoms. The molecular formula is C22H36O2. The molecule has 0 aromatic heterocycles. The van der Waals surface area contributed by atoms with Crippen LogP contribution in [-0.2, 0) is 0 Å². The van der Waals surface area contributed by atoms with E-state index in [0.717, 1.165) is 37.7 Å². The molecule has 2 N–H and O–H groups in total. The molecule has 0 aliphatic heterocycles. The number of hydrogen-bond donors (Lipinski definition) is 2. The number of allylic oxidation sites excluding steroid dienone is 1. The van der Waals surface area contributed by atoms with Crippen molar-refractivity contribution in [1.29, 1.82) is 0 Å². The van der Waals surface area contributed by atoms with Gasteiger partial charge >= 0.3 is 0 Å². The fraction of sp³-hybridized carbons (Fsp3) is 0.727. The Bertz CT molecular complexity index is 542. The summed E-state index contributed by atoms with van der Waals surface area (Å²) in [4.78, 5) is 0. The fourth-order valence-electron chi connectivity index (χ4n) is 6.09. The van der Waals surface area contributed by atoms with Crippen molar-refractivity contribution in [3.63, 3.8) is 0 Å². The summed E-state index contributed by atoms with van der Waals surface area (Å²) in [5.41, 5.74) is 0.611. The van der Waals surface area contributed by atoms with E-state index in [1.165, 1.54) is 5.57 Å². The molecule has 0 aromatic carbocycles. The maximum Gasteiger partial charge on any atom is 0.0797 e. The first-order valence-corrected chi connectivity index (χ1v) is 9.42. The van der Waals surface area contributed by atoms with Crippen LogP contribution in [-0.4, -0.2) is 21.4 Å². The van der Waals surface area contributed by atoms with Crippen molar-refractivity contribution in [3.8, 4) is 0 Å². The zero-order valence-electron chi connectivity index (χ0n) is 16.1. The monoisotopic (exact) mass is 332 g/mol. The smallest absolute Gasteiger partial charge is 0.0797 e. The van der Waals surface area contributed by atoms with Gasteiger partial charge in [-0.25, -0.2) is 0 Å². The summed E-state index contributed by atoms with van der Waals surface area (Å²) in [7, 11) is 0. The van der Waals surface area contributed by atoms with Gasteiger partial charge < -0.3 is 10.2 Å². The second-order valence-electron chi connectivity index (χ2n) is 8.92. The van der Waals surface area contributed by atoms with E-state index in [4.69, 9.17) is 0 Å². The Morgan fingerprint density at radius 1 is 1.29 bits per heavy atom. The van der Waals surface area contributed by atoms with Crippen molar-refractivity contribution < 1.29 is 10.2 Å². The third-order valence-corrected chi connectivity index (χ3v) is 7.36. The second kappa shape index (κ2) is 6.14. The molecule has 24 heavy (non-hydrogen) atoms. The molecule has 0 radical (unpaired) electrons. The lowest BCUT2D eigenvalue weighted by molar-refractivity contribution is -0.142. The summed E-state index contributed by atoms with van der Waals surface area (Å²) < 4.78 is 0. The highest BCUT2D eigenvalue weighted by Gasteiger charge is 2.62. The highest BCUT2D eigenvalue weighted by Crippen LogP contribution is 2.68. The molecule has 2 aliphatic rings. The maximum atomic E-state index is 11.3. The van der Waals surface area contributed by atoms with Crippen LogP contribution in [0.5, 0.6) is 0 Å². The molecule has 2 aliphatic carbocycles. The molecule has 0 aromatic rings. The third-order valence-electron chi connectivity index (χ3n) is 7.36. The maximum absolute atomic E-state index is 11.3. The molecule has 0 unspecified atom stereocenters. The summed E-state index contributed by atoms with van der Waals surface area (Å²) in [5.74, 6) is 0.110. The Hall–Kier alpha value is -0.860. The molecule has 2 nitrogen and oxygen atoms in total. The minimum atomic E-state index is -0.887. The van der Waals surface area contributed by atoms with Crippen molar-refractivity contribution in [3.05, 3.63) is 37.0 Å². The molecule has 0 spiro atoms. The van der Waals surface area contributed by atoms with Gasteiger partial charge in [-0.2, -0.15) is 0 Å². The minimum absolute atomic E-state index is 0.0623. The standard InChI is InChI=1S/C22H36O2/c1-8-19(5,23)14-12-18-20(6)13-10-11-16(3)22(20,9-2)17(4)15-21(18,7)24/h8,18,23-24H,1,3-4,9-15H2,2,5-7H3/t18-,19+,20-,21-,22-/m1/s1. The highest BCUT2D eigenvalue weighted by molar-refractivity contribution is 5.37. The van der Waals surface area contributed by atoms with Gasteiger partial charge in [-0.1, -0.05) is 44.2 Å². The van der Waals surface area contributed by atoms with Crippen LogP contribution < -0.4 is 0 Å². The number of hydrogen-bond acceptors (Lipinski definition) is 2. The summed E-state index contributed by atoms with van der Waals surface area (Å²) in [6, 6.07) is 0. The first-order valence-electron chi connectivity index (χ1n) is 9.42. The molecule has 5 atom stereocenters. The van der Waals surface area contributed by atoms with Crippen LogP contribution in [0.15, 0.2) is 37.0 Å². The lowest BCUT2D eigenvalue weighted by Crippen LogP contribution is -2.60. The van der Waals surface area contributed by atoms with E-state index in [0.29, 0.717) is 12.8 Å². The summed E-state index contributed by atoms with van der Waals surface area (Å²) in [6.07, 6.45) is 7.88. The van der Waals surface area contributed by atoms with Crippen molar-refractivity contribution in [1.82, 2.24) is 0 Å². The predicted molar refractivity (Wildman–Crippen MR) is 102 cm³/mol. The lowest BCUT2D eigenvalue weighted by atomic mass is 9.40. The fourth-order valence-corrected chi connectivity index (χ4v) is 6.09. The first-order chi connectivity index (χ1) is 11.0. The number of aliphatic hydroxyl groups is 2. The summed E-state index contributed by atoms with van der Waals surface area (Å²) in [6.45, 7) is 20.9. The van der Waals surface area contributed by atoms with E-state index >= 15 is 0 Å². The highest BCUT2D eigenvalue weighted by atomic mass is 16.3. The molecular weight excluding hydrogens is 296 g/mol. The topological polar surface area (TPSA) is 40.5 Å². The molecule has 0 heterocycles. The molecule has 136 valence electrons. The minimum Gasteiger partial charge on any atom is -0.390 e. The zero-order chi connectivity index (χ0) is 18.4. The van der Waals surface area contributed by atoms with E-state index in [2.05, 4.69) is 33.6 Å². The number of rotatable bonds is 5. The Kier molecular flexibility index (Phi) is 4.98. The normalized spacial score (nSPS) is 42.3. The van der Waals surface area contributed by atoms with Crippen LogP contribution in [0.4, 0.5) is 0 Å². The molecule has 2 fully saturated rings. The zero-order valence-corrected chi connectivity index (χ0v) is 16.1. The average Bonchev–Trinajstić information content (AvgIpc) is 2.46. The van der Waals surface area contributed by atoms with E-state index in [9.17, 15) is 10.2 Å². The Morgan fingerprint density at radius 3 is 2.46 bits per heavy atom. The molecule has 0 amide bonds. The third kappa shape index (κ3) is 2.72. The van der Waals surface area contributed by atoms with E-state index in [1.807, 2.05) is 6.92 Å². The van der Waals surface area contributed by atoms with Crippen molar-refractivity contribution in [2.45, 2.75) is 83.8 Å². The first kappa shape index (κ1) is 19.5. The van der Waals surface area contributed by atoms with Crippen LogP contribution in [0, 0.1) is 16.7 Å². The van der Waals surface area contributed by atoms with Gasteiger partial charge in [0, 0.05) is 5.41 Å². The lowest BCUT2D eigenvalue weighted by Gasteiger charge is -2.65. The molecule has 0 saturated heterocycles. The Morgan fingerprint density at radius 2 is 1.92 bits per heavy atom. The Labute approximate surface area is 148 Å². The van der Waals surface area contributed by atoms with Crippen LogP contribution in [0.2, 0.25) is 0 Å². The quantitative estimate of drug-likeness (QED) is 0.682. The van der Waals surface area contributed by atoms with Crippen molar-refractivity contribution in [2.75, 3.05) is 0 Å². The summed E-state index contributed by atoms with van der Waals surface area (Å²) in [5, 5.41) is 21.7. The summed E-state index contributed by atoms with van der Waals surface area (Å²) >= 11 is 0. The van der Waals surface area contributed by atoms with E-state index < -0.39 is 11.2 Å². The van der Waals surface area contributed by atoms with Crippen molar-refractivity contribution >= 4 is 0 Å². The van der Waals surface area contributed by atoms with Crippen LogP contribution >= 0.6 is 0 Å². The predicted octanol–water partition coefficient (Wildman–Crippen LogP) is 5.17. The van der Waals surface area contributed by atoms with Gasteiger partial charge in [0.25, 0.3) is 0 Å². The van der Waals surface area contributed by atoms with Crippen LogP contribution in [0.1, 0.15) is 72.6 Å². The average molecular weight is 333 g/mol.